The van der Waals surface area contributed by atoms with Crippen LogP contribution in [0.15, 0.2) is 12.1 Å². The molecule has 0 amide bonds. The van der Waals surface area contributed by atoms with Gasteiger partial charge in [0.15, 0.2) is 0 Å². The number of rotatable bonds is 4. The summed E-state index contributed by atoms with van der Waals surface area (Å²) in [4.78, 5) is 0. The lowest BCUT2D eigenvalue weighted by Gasteiger charge is -2.27. The summed E-state index contributed by atoms with van der Waals surface area (Å²) in [6.45, 7) is 7.17. The molecule has 0 radical (unpaired) electrons. The highest BCUT2D eigenvalue weighted by atomic mass is 14.3. The molecule has 23 heavy (non-hydrogen) atoms. The van der Waals surface area contributed by atoms with E-state index in [0.29, 0.717) is 0 Å². The van der Waals surface area contributed by atoms with Crippen LogP contribution in [0.3, 0.4) is 0 Å². The molecule has 0 saturated heterocycles. The molecule has 3 rings (SSSR count). The molecule has 0 nitrogen and oxygen atoms in total. The van der Waals surface area contributed by atoms with E-state index in [0.717, 1.165) is 17.8 Å². The summed E-state index contributed by atoms with van der Waals surface area (Å²) in [5.74, 6) is 2.85. The molecule has 2 aliphatic rings. The summed E-state index contributed by atoms with van der Waals surface area (Å²) in [5.41, 5.74) is 6.46. The van der Waals surface area contributed by atoms with Crippen LogP contribution >= 0.6 is 0 Å². The first-order valence-corrected chi connectivity index (χ1v) is 10.2. The summed E-state index contributed by atoms with van der Waals surface area (Å²) >= 11 is 0. The van der Waals surface area contributed by atoms with Gasteiger partial charge in [-0.05, 0) is 79.5 Å². The molecule has 0 N–H and O–H groups in total. The minimum absolute atomic E-state index is 0.938. The Hall–Kier alpha value is -0.780. The Morgan fingerprint density at radius 1 is 0.696 bits per heavy atom. The second-order valence-corrected chi connectivity index (χ2v) is 8.67. The van der Waals surface area contributed by atoms with E-state index in [1.165, 1.54) is 70.6 Å². The Bertz CT molecular complexity index is 499. The summed E-state index contributed by atoms with van der Waals surface area (Å²) in [6, 6.07) is 4.94. The van der Waals surface area contributed by atoms with Gasteiger partial charge in [-0.2, -0.15) is 0 Å². The van der Waals surface area contributed by atoms with Crippen molar-refractivity contribution in [2.45, 2.75) is 91.4 Å². The summed E-state index contributed by atoms with van der Waals surface area (Å²) in [7, 11) is 0. The molecule has 2 fully saturated rings. The quantitative estimate of drug-likeness (QED) is 0.574. The maximum absolute atomic E-state index is 2.47. The normalized spacial score (nSPS) is 26.4. The van der Waals surface area contributed by atoms with Gasteiger partial charge in [-0.25, -0.2) is 0 Å². The van der Waals surface area contributed by atoms with Gasteiger partial charge < -0.3 is 0 Å². The Kier molecular flexibility index (Phi) is 5.83. The Morgan fingerprint density at radius 2 is 1.17 bits per heavy atom. The van der Waals surface area contributed by atoms with E-state index in [1.807, 2.05) is 0 Å². The van der Waals surface area contributed by atoms with E-state index in [-0.39, 0.29) is 0 Å². The van der Waals surface area contributed by atoms with Gasteiger partial charge in [-0.3, -0.25) is 0 Å². The molecule has 0 aromatic heterocycles. The van der Waals surface area contributed by atoms with Gasteiger partial charge in [0.25, 0.3) is 0 Å². The zero-order valence-corrected chi connectivity index (χ0v) is 15.7. The fraction of sp³-hybridized carbons (Fsp3) is 0.739. The summed E-state index contributed by atoms with van der Waals surface area (Å²) in [5, 5.41) is 0. The van der Waals surface area contributed by atoms with Crippen molar-refractivity contribution in [3.8, 4) is 0 Å². The van der Waals surface area contributed by atoms with Crippen molar-refractivity contribution in [3.05, 3.63) is 34.4 Å². The minimum atomic E-state index is 0.938. The summed E-state index contributed by atoms with van der Waals surface area (Å²) < 4.78 is 0. The molecule has 0 atom stereocenters. The molecule has 1 aromatic rings. The van der Waals surface area contributed by atoms with Gasteiger partial charge in [-0.1, -0.05) is 64.0 Å². The monoisotopic (exact) mass is 312 g/mol. The zero-order valence-electron chi connectivity index (χ0n) is 15.7. The topological polar surface area (TPSA) is 0 Å². The van der Waals surface area contributed by atoms with Crippen molar-refractivity contribution < 1.29 is 0 Å². The third-order valence-electron chi connectivity index (χ3n) is 6.89. The highest BCUT2D eigenvalue weighted by Gasteiger charge is 2.20. The van der Waals surface area contributed by atoms with Crippen molar-refractivity contribution >= 4 is 0 Å². The van der Waals surface area contributed by atoms with Gasteiger partial charge in [0.05, 0.1) is 0 Å². The largest absolute Gasteiger partial charge is 0.0625 e. The fourth-order valence-corrected chi connectivity index (χ4v) is 4.92. The van der Waals surface area contributed by atoms with Crippen LogP contribution in [0, 0.1) is 31.6 Å². The van der Waals surface area contributed by atoms with E-state index in [1.54, 1.807) is 22.3 Å². The molecule has 1 aromatic carbocycles. The van der Waals surface area contributed by atoms with Crippen LogP contribution in [0.2, 0.25) is 0 Å². The smallest absolute Gasteiger partial charge is 0.0248 e. The van der Waals surface area contributed by atoms with Crippen molar-refractivity contribution in [1.29, 1.82) is 0 Å². The lowest BCUT2D eigenvalue weighted by molar-refractivity contribution is 0.288. The SMILES string of the molecule is Cc1c(CC2CCCCC2)ccc(CC2CCC(C)CC2)c1C. The van der Waals surface area contributed by atoms with E-state index in [2.05, 4.69) is 32.9 Å². The average Bonchev–Trinajstić information content (AvgIpc) is 2.57. The molecule has 0 bridgehead atoms. The number of hydrogen-bond acceptors (Lipinski definition) is 0. The Morgan fingerprint density at radius 3 is 1.70 bits per heavy atom. The van der Waals surface area contributed by atoms with E-state index in [4.69, 9.17) is 0 Å². The first-order valence-electron chi connectivity index (χ1n) is 10.2. The second kappa shape index (κ2) is 7.86. The first-order chi connectivity index (χ1) is 11.1. The van der Waals surface area contributed by atoms with Gasteiger partial charge in [0, 0.05) is 0 Å². The van der Waals surface area contributed by atoms with Crippen LogP contribution in [-0.2, 0) is 12.8 Å². The van der Waals surface area contributed by atoms with Crippen LogP contribution in [0.4, 0.5) is 0 Å². The van der Waals surface area contributed by atoms with Crippen molar-refractivity contribution in [1.82, 2.24) is 0 Å². The molecule has 2 aliphatic carbocycles. The lowest BCUT2D eigenvalue weighted by Crippen LogP contribution is -2.15. The molecular formula is C23H36. The van der Waals surface area contributed by atoms with E-state index >= 15 is 0 Å². The highest BCUT2D eigenvalue weighted by molar-refractivity contribution is 5.40. The van der Waals surface area contributed by atoms with E-state index in [9.17, 15) is 0 Å². The highest BCUT2D eigenvalue weighted by Crippen LogP contribution is 2.33. The minimum Gasteiger partial charge on any atom is -0.0625 e. The Labute approximate surface area is 144 Å². The third-order valence-corrected chi connectivity index (χ3v) is 6.89. The van der Waals surface area contributed by atoms with Gasteiger partial charge >= 0.3 is 0 Å². The molecule has 0 aliphatic heterocycles. The first kappa shape index (κ1) is 17.1. The predicted molar refractivity (Wildman–Crippen MR) is 101 cm³/mol. The second-order valence-electron chi connectivity index (χ2n) is 8.67. The Balaban J connectivity index is 1.65. The molecular weight excluding hydrogens is 276 g/mol. The maximum atomic E-state index is 2.47. The predicted octanol–water partition coefficient (Wildman–Crippen LogP) is 6.80. The van der Waals surface area contributed by atoms with Gasteiger partial charge in [0.2, 0.25) is 0 Å². The maximum Gasteiger partial charge on any atom is -0.0248 e. The molecule has 128 valence electrons. The molecule has 0 spiro atoms. The van der Waals surface area contributed by atoms with Crippen molar-refractivity contribution in [2.75, 3.05) is 0 Å². The van der Waals surface area contributed by atoms with Crippen LogP contribution in [0.25, 0.3) is 0 Å². The molecule has 0 unspecified atom stereocenters. The van der Waals surface area contributed by atoms with Crippen LogP contribution in [0.1, 0.15) is 87.0 Å². The van der Waals surface area contributed by atoms with E-state index < -0.39 is 0 Å². The lowest BCUT2D eigenvalue weighted by atomic mass is 9.78. The van der Waals surface area contributed by atoms with Crippen molar-refractivity contribution in [2.24, 2.45) is 17.8 Å². The number of hydrogen-bond donors (Lipinski definition) is 0. The molecule has 2 saturated carbocycles. The molecule has 0 heterocycles. The van der Waals surface area contributed by atoms with Gasteiger partial charge in [-0.15, -0.1) is 0 Å². The van der Waals surface area contributed by atoms with Crippen molar-refractivity contribution in [3.63, 3.8) is 0 Å². The van der Waals surface area contributed by atoms with Crippen LogP contribution < -0.4 is 0 Å². The number of benzene rings is 1. The van der Waals surface area contributed by atoms with Gasteiger partial charge in [0.1, 0.15) is 0 Å². The van der Waals surface area contributed by atoms with Crippen LogP contribution in [0.5, 0.6) is 0 Å². The fourth-order valence-electron chi connectivity index (χ4n) is 4.92. The average molecular weight is 313 g/mol. The zero-order chi connectivity index (χ0) is 16.2. The molecule has 0 heteroatoms. The third kappa shape index (κ3) is 4.40. The standard InChI is InChI=1S/C23H36/c1-17-9-11-21(12-10-17)16-23-14-13-22(18(2)19(23)3)15-20-7-5-4-6-8-20/h13-14,17,20-21H,4-12,15-16H2,1-3H3. The van der Waals surface area contributed by atoms with Crippen LogP contribution in [-0.4, -0.2) is 0 Å². The summed E-state index contributed by atoms with van der Waals surface area (Å²) in [6.07, 6.45) is 15.7.